The smallest absolute Gasteiger partial charge is 0.222 e. The number of methoxy groups -OCH3 is 1. The van der Waals surface area contributed by atoms with Crippen molar-refractivity contribution in [2.75, 3.05) is 33.9 Å². The molecule has 1 aliphatic rings. The number of carbonyl (C=O) groups excluding carboxylic acids is 1. The Hall–Kier alpha value is -1.42. The van der Waals surface area contributed by atoms with Crippen LogP contribution in [0.1, 0.15) is 31.2 Å². The Balaban J connectivity index is 0.00000392. The third-order valence-corrected chi connectivity index (χ3v) is 5.42. The Morgan fingerprint density at radius 1 is 1.32 bits per heavy atom. The highest BCUT2D eigenvalue weighted by Crippen LogP contribution is 2.43. The Kier molecular flexibility index (Phi) is 10.7. The van der Waals surface area contributed by atoms with E-state index in [0.29, 0.717) is 18.9 Å². The summed E-state index contributed by atoms with van der Waals surface area (Å²) in [5.74, 6) is -0.433. The number of ether oxygens (including phenoxy) is 1. The average molecular weight is 506 g/mol. The highest BCUT2D eigenvalue weighted by atomic mass is 127. The van der Waals surface area contributed by atoms with E-state index in [1.54, 1.807) is 26.3 Å². The van der Waals surface area contributed by atoms with Crippen LogP contribution in [0.25, 0.3) is 0 Å². The van der Waals surface area contributed by atoms with E-state index in [0.717, 1.165) is 25.1 Å². The number of halogens is 2. The van der Waals surface area contributed by atoms with Crippen molar-refractivity contribution in [3.63, 3.8) is 0 Å². The normalized spacial score (nSPS) is 16.5. The van der Waals surface area contributed by atoms with E-state index in [1.165, 1.54) is 31.4 Å². The number of carbonyl (C=O) groups is 1. The zero-order chi connectivity index (χ0) is 19.7. The van der Waals surface area contributed by atoms with Crippen LogP contribution >= 0.6 is 24.0 Å². The molecule has 2 rings (SSSR count). The maximum Gasteiger partial charge on any atom is 0.222 e. The van der Waals surface area contributed by atoms with Gasteiger partial charge in [-0.2, -0.15) is 0 Å². The van der Waals surface area contributed by atoms with Crippen molar-refractivity contribution in [2.24, 2.45) is 22.1 Å². The highest BCUT2D eigenvalue weighted by Gasteiger charge is 2.36. The van der Waals surface area contributed by atoms with Crippen molar-refractivity contribution in [1.82, 2.24) is 10.6 Å². The molecule has 8 heteroatoms. The minimum atomic E-state index is -0.403. The first-order valence-electron chi connectivity index (χ1n) is 9.45. The number of nitrogens with two attached hydrogens (primary N) is 1. The van der Waals surface area contributed by atoms with Gasteiger partial charge in [0.25, 0.3) is 0 Å². The van der Waals surface area contributed by atoms with Gasteiger partial charge in [0, 0.05) is 33.9 Å². The third-order valence-electron chi connectivity index (χ3n) is 5.42. The molecule has 1 aromatic rings. The first kappa shape index (κ1) is 24.6. The highest BCUT2D eigenvalue weighted by molar-refractivity contribution is 14.0. The van der Waals surface area contributed by atoms with Crippen LogP contribution in [0, 0.1) is 17.2 Å². The largest absolute Gasteiger partial charge is 0.385 e. The molecule has 0 aromatic heterocycles. The molecule has 0 aliphatic heterocycles. The zero-order valence-electron chi connectivity index (χ0n) is 16.7. The van der Waals surface area contributed by atoms with Crippen molar-refractivity contribution >= 4 is 35.8 Å². The molecule has 4 N–H and O–H groups in total. The molecule has 1 fully saturated rings. The summed E-state index contributed by atoms with van der Waals surface area (Å²) in [5, 5.41) is 6.56. The van der Waals surface area contributed by atoms with Crippen molar-refractivity contribution in [3.05, 3.63) is 35.6 Å². The molecule has 6 nitrogen and oxygen atoms in total. The van der Waals surface area contributed by atoms with E-state index in [-0.39, 0.29) is 35.2 Å². The molecule has 1 atom stereocenters. The van der Waals surface area contributed by atoms with Gasteiger partial charge in [0.1, 0.15) is 5.82 Å². The molecule has 1 aromatic carbocycles. The number of nitrogens with zero attached hydrogens (tertiary/aromatic N) is 1. The molecule has 0 heterocycles. The van der Waals surface area contributed by atoms with Crippen LogP contribution < -0.4 is 16.4 Å². The van der Waals surface area contributed by atoms with Gasteiger partial charge in [0.2, 0.25) is 5.91 Å². The fourth-order valence-electron chi connectivity index (χ4n) is 3.40. The molecule has 0 saturated heterocycles. The van der Waals surface area contributed by atoms with E-state index in [2.05, 4.69) is 15.6 Å². The van der Waals surface area contributed by atoms with Gasteiger partial charge in [-0.05, 0) is 48.8 Å². The second-order valence-electron chi connectivity index (χ2n) is 7.33. The summed E-state index contributed by atoms with van der Waals surface area (Å²) in [4.78, 5) is 16.0. The Morgan fingerprint density at radius 3 is 2.50 bits per heavy atom. The molecule has 158 valence electrons. The number of benzene rings is 1. The van der Waals surface area contributed by atoms with Crippen molar-refractivity contribution in [2.45, 2.75) is 32.1 Å². The summed E-state index contributed by atoms with van der Waals surface area (Å²) in [6, 6.07) is 6.13. The predicted octanol–water partition coefficient (Wildman–Crippen LogP) is 2.46. The van der Waals surface area contributed by atoms with Crippen LogP contribution in [-0.4, -0.2) is 45.7 Å². The summed E-state index contributed by atoms with van der Waals surface area (Å²) in [6.45, 7) is 1.96. The van der Waals surface area contributed by atoms with Crippen molar-refractivity contribution in [3.8, 4) is 0 Å². The lowest BCUT2D eigenvalue weighted by Crippen LogP contribution is -2.48. The minimum absolute atomic E-state index is 0. The van der Waals surface area contributed by atoms with Crippen LogP contribution in [-0.2, 0) is 16.0 Å². The molecule has 0 radical (unpaired) electrons. The Morgan fingerprint density at radius 2 is 2.00 bits per heavy atom. The van der Waals surface area contributed by atoms with Gasteiger partial charge in [0.15, 0.2) is 5.96 Å². The molecule has 1 amide bonds. The number of hydrogen-bond acceptors (Lipinski definition) is 3. The summed E-state index contributed by atoms with van der Waals surface area (Å²) in [7, 11) is 3.43. The standard InChI is InChI=1S/C20H31FN4O2.HI/c1-23-19(25-14-20(8-3-9-20)10-11-27-2)24-13-16(18(22)26)12-15-4-6-17(21)7-5-15;/h4-7,16H,3,8-14H2,1-2H3,(H2,22,26)(H2,23,24,25);1H. The fourth-order valence-corrected chi connectivity index (χ4v) is 3.40. The summed E-state index contributed by atoms with van der Waals surface area (Å²) in [5.41, 5.74) is 6.69. The van der Waals surface area contributed by atoms with Gasteiger partial charge in [-0.1, -0.05) is 18.6 Å². The van der Waals surface area contributed by atoms with Crippen LogP contribution in [0.4, 0.5) is 4.39 Å². The summed E-state index contributed by atoms with van der Waals surface area (Å²) >= 11 is 0. The van der Waals surface area contributed by atoms with Gasteiger partial charge >= 0.3 is 0 Å². The first-order valence-corrected chi connectivity index (χ1v) is 9.45. The molecular weight excluding hydrogens is 474 g/mol. The van der Waals surface area contributed by atoms with E-state index in [1.807, 2.05) is 0 Å². The average Bonchev–Trinajstić information content (AvgIpc) is 2.63. The van der Waals surface area contributed by atoms with Crippen LogP contribution in [0.15, 0.2) is 29.3 Å². The minimum Gasteiger partial charge on any atom is -0.385 e. The monoisotopic (exact) mass is 506 g/mol. The zero-order valence-corrected chi connectivity index (χ0v) is 19.0. The van der Waals surface area contributed by atoms with Crippen LogP contribution in [0.2, 0.25) is 0 Å². The molecule has 0 bridgehead atoms. The number of hydrogen-bond donors (Lipinski definition) is 3. The maximum atomic E-state index is 13.0. The molecule has 28 heavy (non-hydrogen) atoms. The number of amides is 1. The lowest BCUT2D eigenvalue weighted by molar-refractivity contribution is -0.121. The second kappa shape index (κ2) is 12.2. The lowest BCUT2D eigenvalue weighted by Gasteiger charge is -2.42. The summed E-state index contributed by atoms with van der Waals surface area (Å²) < 4.78 is 18.3. The molecule has 1 aliphatic carbocycles. The maximum absolute atomic E-state index is 13.0. The Labute approximate surface area is 183 Å². The SMILES string of the molecule is CN=C(NCC(Cc1ccc(F)cc1)C(N)=O)NCC1(CCOC)CCC1.I. The quantitative estimate of drug-likeness (QED) is 0.259. The number of primary amides is 1. The first-order chi connectivity index (χ1) is 13.0. The number of rotatable bonds is 10. The van der Waals surface area contributed by atoms with E-state index in [4.69, 9.17) is 10.5 Å². The lowest BCUT2D eigenvalue weighted by atomic mass is 9.67. The molecule has 1 unspecified atom stereocenters. The van der Waals surface area contributed by atoms with Gasteiger partial charge in [-0.3, -0.25) is 9.79 Å². The van der Waals surface area contributed by atoms with E-state index >= 15 is 0 Å². The van der Waals surface area contributed by atoms with Crippen molar-refractivity contribution < 1.29 is 13.9 Å². The number of nitrogens with one attached hydrogen (secondary N) is 2. The van der Waals surface area contributed by atoms with Crippen LogP contribution in [0.3, 0.4) is 0 Å². The van der Waals surface area contributed by atoms with Crippen LogP contribution in [0.5, 0.6) is 0 Å². The Bertz CT molecular complexity index is 636. The van der Waals surface area contributed by atoms with Gasteiger partial charge in [-0.25, -0.2) is 4.39 Å². The van der Waals surface area contributed by atoms with Gasteiger partial charge < -0.3 is 21.1 Å². The number of guanidine groups is 1. The molecule has 1 saturated carbocycles. The second-order valence-corrected chi connectivity index (χ2v) is 7.33. The summed E-state index contributed by atoms with van der Waals surface area (Å²) in [6.07, 6.45) is 5.11. The van der Waals surface area contributed by atoms with Gasteiger partial charge in [0.05, 0.1) is 5.92 Å². The third kappa shape index (κ3) is 7.54. The topological polar surface area (TPSA) is 88.7 Å². The predicted molar refractivity (Wildman–Crippen MR) is 120 cm³/mol. The van der Waals surface area contributed by atoms with Crippen molar-refractivity contribution in [1.29, 1.82) is 0 Å². The fraction of sp³-hybridized carbons (Fsp3) is 0.600. The van der Waals surface area contributed by atoms with E-state index < -0.39 is 11.8 Å². The molecular formula is C20H32FIN4O2. The number of aliphatic imine (C=N–C) groups is 1. The van der Waals surface area contributed by atoms with E-state index in [9.17, 15) is 9.18 Å². The molecule has 0 spiro atoms. The van der Waals surface area contributed by atoms with Gasteiger partial charge in [-0.15, -0.1) is 24.0 Å².